The van der Waals surface area contributed by atoms with Crippen molar-refractivity contribution in [2.45, 2.75) is 51.0 Å². The second-order valence-electron chi connectivity index (χ2n) is 6.63. The molecule has 114 valence electrons. The predicted octanol–water partition coefficient (Wildman–Crippen LogP) is 3.91. The lowest BCUT2D eigenvalue weighted by atomic mass is 9.58. The van der Waals surface area contributed by atoms with Crippen LogP contribution in [0.1, 0.15) is 45.1 Å². The van der Waals surface area contributed by atoms with Gasteiger partial charge >= 0.3 is 0 Å². The molecule has 1 aromatic rings. The number of rotatable bonds is 5. The molecule has 0 radical (unpaired) electrons. The Hall–Kier alpha value is -0.570. The molecule has 20 heavy (non-hydrogen) atoms. The fraction of sp³-hybridized carbons (Fsp3) is 0.647. The van der Waals surface area contributed by atoms with Crippen LogP contribution >= 0.6 is 11.6 Å². The SMILES string of the molecule is CC(C)CC(N(C)C)C1(c2ccc(Cl)cc2)CCC1.O. The van der Waals surface area contributed by atoms with Crippen LogP contribution < -0.4 is 0 Å². The van der Waals surface area contributed by atoms with Gasteiger partial charge < -0.3 is 10.4 Å². The summed E-state index contributed by atoms with van der Waals surface area (Å²) in [6.07, 6.45) is 5.23. The number of hydrogen-bond acceptors (Lipinski definition) is 1. The lowest BCUT2D eigenvalue weighted by molar-refractivity contribution is 0.0808. The van der Waals surface area contributed by atoms with Crippen LogP contribution in [-0.4, -0.2) is 30.5 Å². The average Bonchev–Trinajstić information content (AvgIpc) is 2.28. The van der Waals surface area contributed by atoms with Gasteiger partial charge in [0, 0.05) is 16.5 Å². The predicted molar refractivity (Wildman–Crippen MR) is 87.5 cm³/mol. The molecular formula is C17H28ClNO. The molecule has 0 saturated heterocycles. The Kier molecular flexibility index (Phi) is 6.06. The van der Waals surface area contributed by atoms with E-state index in [1.165, 1.54) is 31.2 Å². The first-order chi connectivity index (χ1) is 8.95. The summed E-state index contributed by atoms with van der Waals surface area (Å²) in [6, 6.07) is 9.18. The third-order valence-corrected chi connectivity index (χ3v) is 4.87. The maximum atomic E-state index is 6.04. The Morgan fingerprint density at radius 3 is 2.05 bits per heavy atom. The Labute approximate surface area is 128 Å². The van der Waals surface area contributed by atoms with Gasteiger partial charge in [0.2, 0.25) is 0 Å². The molecule has 2 N–H and O–H groups in total. The van der Waals surface area contributed by atoms with Crippen molar-refractivity contribution < 1.29 is 5.48 Å². The highest BCUT2D eigenvalue weighted by molar-refractivity contribution is 6.30. The van der Waals surface area contributed by atoms with Crippen LogP contribution in [0.2, 0.25) is 5.02 Å². The summed E-state index contributed by atoms with van der Waals surface area (Å²) in [4.78, 5) is 2.42. The van der Waals surface area contributed by atoms with E-state index in [0.717, 1.165) is 10.9 Å². The summed E-state index contributed by atoms with van der Waals surface area (Å²) >= 11 is 6.04. The molecule has 0 heterocycles. The zero-order chi connectivity index (χ0) is 14.0. The molecule has 1 atom stereocenters. The standard InChI is InChI=1S/C17H26ClN.H2O/c1-13(2)12-16(19(3)4)17(10-5-11-17)14-6-8-15(18)9-7-14;/h6-9,13,16H,5,10-12H2,1-4H3;1H2. The molecule has 1 aromatic carbocycles. The van der Waals surface area contributed by atoms with Gasteiger partial charge in [0.15, 0.2) is 0 Å². The smallest absolute Gasteiger partial charge is 0.0406 e. The number of likely N-dealkylation sites (N-methyl/N-ethyl adjacent to an activating group) is 1. The third kappa shape index (κ3) is 3.36. The van der Waals surface area contributed by atoms with Crippen LogP contribution in [0.4, 0.5) is 0 Å². The molecule has 2 rings (SSSR count). The summed E-state index contributed by atoms with van der Waals surface area (Å²) < 4.78 is 0. The average molecular weight is 298 g/mol. The minimum absolute atomic E-state index is 0. The summed E-state index contributed by atoms with van der Waals surface area (Å²) in [5.41, 5.74) is 1.82. The van der Waals surface area contributed by atoms with Gasteiger partial charge in [-0.25, -0.2) is 0 Å². The van der Waals surface area contributed by atoms with Crippen LogP contribution in [0.3, 0.4) is 0 Å². The molecule has 1 aliphatic carbocycles. The highest BCUT2D eigenvalue weighted by Gasteiger charge is 2.46. The topological polar surface area (TPSA) is 34.7 Å². The molecule has 3 heteroatoms. The van der Waals surface area contributed by atoms with Gasteiger partial charge in [-0.05, 0) is 57.0 Å². The third-order valence-electron chi connectivity index (χ3n) is 4.62. The van der Waals surface area contributed by atoms with Gasteiger partial charge in [-0.3, -0.25) is 0 Å². The van der Waals surface area contributed by atoms with Crippen molar-refractivity contribution in [1.82, 2.24) is 4.90 Å². The van der Waals surface area contributed by atoms with Gasteiger partial charge in [-0.1, -0.05) is 44.0 Å². The zero-order valence-corrected chi connectivity index (χ0v) is 13.9. The molecular weight excluding hydrogens is 270 g/mol. The zero-order valence-electron chi connectivity index (χ0n) is 13.1. The van der Waals surface area contributed by atoms with Crippen molar-refractivity contribution >= 4 is 11.6 Å². The van der Waals surface area contributed by atoms with E-state index < -0.39 is 0 Å². The second-order valence-corrected chi connectivity index (χ2v) is 7.06. The van der Waals surface area contributed by atoms with Crippen molar-refractivity contribution in [3.63, 3.8) is 0 Å². The molecule has 2 nitrogen and oxygen atoms in total. The number of hydrogen-bond donors (Lipinski definition) is 0. The number of halogens is 1. The van der Waals surface area contributed by atoms with Crippen molar-refractivity contribution in [1.29, 1.82) is 0 Å². The van der Waals surface area contributed by atoms with Gasteiger partial charge in [0.1, 0.15) is 0 Å². The van der Waals surface area contributed by atoms with E-state index >= 15 is 0 Å². The molecule has 0 amide bonds. The minimum Gasteiger partial charge on any atom is -0.412 e. The maximum Gasteiger partial charge on any atom is 0.0406 e. The molecule has 1 unspecified atom stereocenters. The van der Waals surface area contributed by atoms with Crippen LogP contribution in [0, 0.1) is 5.92 Å². The van der Waals surface area contributed by atoms with E-state index in [2.05, 4.69) is 45.0 Å². The van der Waals surface area contributed by atoms with E-state index in [9.17, 15) is 0 Å². The summed E-state index contributed by atoms with van der Waals surface area (Å²) in [5.74, 6) is 0.733. The molecule has 0 bridgehead atoms. The van der Waals surface area contributed by atoms with Gasteiger partial charge in [-0.2, -0.15) is 0 Å². The first-order valence-corrected chi connectivity index (χ1v) is 7.76. The van der Waals surface area contributed by atoms with E-state index in [-0.39, 0.29) is 5.48 Å². The Bertz CT molecular complexity index is 410. The van der Waals surface area contributed by atoms with Crippen molar-refractivity contribution in [3.05, 3.63) is 34.9 Å². The van der Waals surface area contributed by atoms with Gasteiger partial charge in [0.25, 0.3) is 0 Å². The number of nitrogens with zero attached hydrogens (tertiary/aromatic N) is 1. The van der Waals surface area contributed by atoms with E-state index in [0.29, 0.717) is 11.5 Å². The summed E-state index contributed by atoms with van der Waals surface area (Å²) in [6.45, 7) is 4.65. The number of benzene rings is 1. The first-order valence-electron chi connectivity index (χ1n) is 7.38. The van der Waals surface area contributed by atoms with Gasteiger partial charge in [0.05, 0.1) is 0 Å². The highest BCUT2D eigenvalue weighted by atomic mass is 35.5. The lowest BCUT2D eigenvalue weighted by Gasteiger charge is -2.51. The highest BCUT2D eigenvalue weighted by Crippen LogP contribution is 2.49. The molecule has 0 aliphatic heterocycles. The van der Waals surface area contributed by atoms with Crippen molar-refractivity contribution in [3.8, 4) is 0 Å². The van der Waals surface area contributed by atoms with Crippen LogP contribution in [0.25, 0.3) is 0 Å². The molecule has 0 aromatic heterocycles. The van der Waals surface area contributed by atoms with E-state index in [1.54, 1.807) is 0 Å². The second kappa shape index (κ2) is 6.93. The van der Waals surface area contributed by atoms with E-state index in [4.69, 9.17) is 11.6 Å². The monoisotopic (exact) mass is 297 g/mol. The molecule has 1 fully saturated rings. The van der Waals surface area contributed by atoms with Crippen molar-refractivity contribution in [2.24, 2.45) is 5.92 Å². The van der Waals surface area contributed by atoms with E-state index in [1.807, 2.05) is 12.1 Å². The largest absolute Gasteiger partial charge is 0.412 e. The molecule has 0 spiro atoms. The normalized spacial score (nSPS) is 18.6. The van der Waals surface area contributed by atoms with Crippen LogP contribution in [-0.2, 0) is 5.41 Å². The first kappa shape index (κ1) is 17.5. The van der Waals surface area contributed by atoms with Crippen molar-refractivity contribution in [2.75, 3.05) is 14.1 Å². The fourth-order valence-corrected chi connectivity index (χ4v) is 3.66. The molecule has 1 saturated carbocycles. The Morgan fingerprint density at radius 1 is 1.15 bits per heavy atom. The van der Waals surface area contributed by atoms with Crippen LogP contribution in [0.5, 0.6) is 0 Å². The Balaban J connectivity index is 0.00000200. The minimum atomic E-state index is 0. The quantitative estimate of drug-likeness (QED) is 0.811. The summed E-state index contributed by atoms with van der Waals surface area (Å²) in [5, 5.41) is 0.837. The van der Waals surface area contributed by atoms with Gasteiger partial charge in [-0.15, -0.1) is 0 Å². The summed E-state index contributed by atoms with van der Waals surface area (Å²) in [7, 11) is 4.45. The maximum absolute atomic E-state index is 6.04. The molecule has 1 aliphatic rings. The van der Waals surface area contributed by atoms with Crippen LogP contribution in [0.15, 0.2) is 24.3 Å². The fourth-order valence-electron chi connectivity index (χ4n) is 3.53. The Morgan fingerprint density at radius 2 is 1.70 bits per heavy atom. The lowest BCUT2D eigenvalue weighted by Crippen LogP contribution is -2.52.